The molecule has 0 amide bonds. The van der Waals surface area contributed by atoms with Gasteiger partial charge in [-0.1, -0.05) is 115 Å². The standard InChI is InChI=1S/C52H56BN3/c1-31-25-32(2)44-41(26-31)55(52(9)24-15-13-22-50(44,52)7)34-29-42-45-43(30-34)56-47-37(49(6)21-12-14-23-51(49,56)8)27-33(48(3,4)5)28-39(47)53(45)38-19-16-18-36-35-17-10-11-20-40(35)54(42)46(36)38/h10-11,16-20,25-30H,12-15,21-24H2,1-9H3. The van der Waals surface area contributed by atoms with Crippen molar-refractivity contribution in [3.8, 4) is 5.69 Å². The minimum atomic E-state index is -0.0272. The number of para-hydroxylation sites is 2. The summed E-state index contributed by atoms with van der Waals surface area (Å²) in [7, 11) is 0. The molecule has 0 N–H and O–H groups in total. The van der Waals surface area contributed by atoms with Crippen LogP contribution in [-0.4, -0.2) is 22.4 Å². The van der Waals surface area contributed by atoms with Crippen LogP contribution < -0.4 is 26.2 Å². The van der Waals surface area contributed by atoms with Crippen molar-refractivity contribution in [2.75, 3.05) is 9.80 Å². The molecular formula is C52H56BN3. The molecule has 6 aromatic rings. The average Bonchev–Trinajstić information content (AvgIpc) is 3.68. The maximum absolute atomic E-state index is 2.94. The molecule has 6 aliphatic rings. The first kappa shape index (κ1) is 33.7. The Kier molecular flexibility index (Phi) is 6.22. The number of hydrogen-bond acceptors (Lipinski definition) is 2. The van der Waals surface area contributed by atoms with Gasteiger partial charge in [-0.05, 0) is 127 Å². The first-order valence-corrected chi connectivity index (χ1v) is 21.8. The third kappa shape index (κ3) is 3.67. The van der Waals surface area contributed by atoms with E-state index in [4.69, 9.17) is 0 Å². The molecule has 0 saturated heterocycles. The van der Waals surface area contributed by atoms with Crippen LogP contribution in [0.5, 0.6) is 0 Å². The molecule has 0 spiro atoms. The number of nitrogens with zero attached hydrogens (tertiary/aromatic N) is 3. The molecule has 56 heavy (non-hydrogen) atoms. The van der Waals surface area contributed by atoms with Crippen molar-refractivity contribution in [3.63, 3.8) is 0 Å². The number of anilines is 4. The summed E-state index contributed by atoms with van der Waals surface area (Å²) in [4.78, 5) is 5.81. The average molecular weight is 734 g/mol. The third-order valence-corrected chi connectivity index (χ3v) is 17.1. The molecule has 4 aliphatic heterocycles. The lowest BCUT2D eigenvalue weighted by molar-refractivity contribution is 0.193. The van der Waals surface area contributed by atoms with Crippen LogP contribution >= 0.6 is 0 Å². The van der Waals surface area contributed by atoms with E-state index in [-0.39, 0.29) is 34.0 Å². The van der Waals surface area contributed by atoms with Crippen LogP contribution in [0.25, 0.3) is 27.5 Å². The predicted octanol–water partition coefficient (Wildman–Crippen LogP) is 11.3. The Morgan fingerprint density at radius 3 is 2.07 bits per heavy atom. The Labute approximate surface area is 334 Å². The summed E-state index contributed by atoms with van der Waals surface area (Å²) in [5.74, 6) is 0. The highest BCUT2D eigenvalue weighted by atomic mass is 15.3. The van der Waals surface area contributed by atoms with E-state index in [0.717, 1.165) is 0 Å². The Hall–Kier alpha value is -4.44. The number of hydrogen-bond donors (Lipinski definition) is 0. The largest absolute Gasteiger partial charge is 0.335 e. The molecule has 4 unspecified atom stereocenters. The summed E-state index contributed by atoms with van der Waals surface area (Å²) in [6, 6.07) is 32.0. The first-order valence-electron chi connectivity index (χ1n) is 21.8. The minimum absolute atomic E-state index is 0.0270. The second kappa shape index (κ2) is 10.3. The highest BCUT2D eigenvalue weighted by Gasteiger charge is 2.63. The predicted molar refractivity (Wildman–Crippen MR) is 239 cm³/mol. The zero-order chi connectivity index (χ0) is 38.5. The lowest BCUT2D eigenvalue weighted by atomic mass is 9.33. The molecule has 4 atom stereocenters. The Morgan fingerprint density at radius 1 is 0.625 bits per heavy atom. The zero-order valence-electron chi connectivity index (χ0n) is 35.1. The highest BCUT2D eigenvalue weighted by molar-refractivity contribution is 7.00. The van der Waals surface area contributed by atoms with E-state index >= 15 is 0 Å². The van der Waals surface area contributed by atoms with Gasteiger partial charge in [0.15, 0.2) is 0 Å². The molecule has 2 saturated carbocycles. The van der Waals surface area contributed by atoms with Crippen molar-refractivity contribution in [2.45, 2.75) is 141 Å². The fraction of sp³-hybridized carbons (Fsp3) is 0.423. The SMILES string of the molecule is Cc1cc(C)c2c(c1)N(c1cc3c4c(c1)-n1c5ccccc5c5cccc(c51)B4c1cc(C(C)(C)C)cc4c1N3C1(C)CCCCC41C)C1(C)CCCCC21C. The molecular weight excluding hydrogens is 677 g/mol. The van der Waals surface area contributed by atoms with E-state index in [1.807, 2.05) is 0 Å². The molecule has 2 fully saturated rings. The van der Waals surface area contributed by atoms with Gasteiger partial charge in [-0.2, -0.15) is 0 Å². The summed E-state index contributed by atoms with van der Waals surface area (Å²) < 4.78 is 2.69. The van der Waals surface area contributed by atoms with Crippen LogP contribution in [0.4, 0.5) is 22.7 Å². The second-order valence-electron chi connectivity index (χ2n) is 20.9. The van der Waals surface area contributed by atoms with Crippen molar-refractivity contribution in [1.29, 1.82) is 0 Å². The lowest BCUT2D eigenvalue weighted by Crippen LogP contribution is -2.64. The maximum atomic E-state index is 2.94. The smallest absolute Gasteiger partial charge is 0.252 e. The molecule has 4 heteroatoms. The van der Waals surface area contributed by atoms with Crippen molar-refractivity contribution < 1.29 is 0 Å². The Balaban J connectivity index is 1.26. The highest BCUT2D eigenvalue weighted by Crippen LogP contribution is 2.65. The van der Waals surface area contributed by atoms with E-state index in [0.29, 0.717) is 0 Å². The molecule has 282 valence electrons. The van der Waals surface area contributed by atoms with Crippen LogP contribution in [-0.2, 0) is 16.2 Å². The summed E-state index contributed by atoms with van der Waals surface area (Å²) in [5.41, 5.74) is 22.0. The number of aryl methyl sites for hydroxylation is 2. The summed E-state index contributed by atoms with van der Waals surface area (Å²) >= 11 is 0. The topological polar surface area (TPSA) is 11.4 Å². The molecule has 12 rings (SSSR count). The van der Waals surface area contributed by atoms with Gasteiger partial charge in [-0.15, -0.1) is 0 Å². The van der Waals surface area contributed by atoms with Crippen LogP contribution in [0.15, 0.2) is 78.9 Å². The number of aromatic nitrogens is 1. The number of benzene rings is 5. The molecule has 3 nitrogen and oxygen atoms in total. The Bertz CT molecular complexity index is 2770. The van der Waals surface area contributed by atoms with E-state index in [9.17, 15) is 0 Å². The maximum Gasteiger partial charge on any atom is 0.252 e. The molecule has 2 aliphatic carbocycles. The van der Waals surface area contributed by atoms with Gasteiger partial charge in [0.25, 0.3) is 6.71 Å². The quantitative estimate of drug-likeness (QED) is 0.156. The minimum Gasteiger partial charge on any atom is -0.335 e. The Morgan fingerprint density at radius 2 is 1.30 bits per heavy atom. The summed E-state index contributed by atoms with van der Waals surface area (Å²) in [5, 5.41) is 2.73. The number of fused-ring (bicyclic) bond motifs is 13. The molecule has 0 radical (unpaired) electrons. The molecule has 0 bridgehead atoms. The molecule has 5 heterocycles. The summed E-state index contributed by atoms with van der Waals surface area (Å²) in [6.07, 6.45) is 10.0. The van der Waals surface area contributed by atoms with E-state index in [1.165, 1.54) is 135 Å². The van der Waals surface area contributed by atoms with E-state index in [1.54, 1.807) is 11.1 Å². The second-order valence-corrected chi connectivity index (χ2v) is 20.9. The number of rotatable bonds is 1. The monoisotopic (exact) mass is 733 g/mol. The van der Waals surface area contributed by atoms with Crippen molar-refractivity contribution in [1.82, 2.24) is 4.57 Å². The van der Waals surface area contributed by atoms with Gasteiger partial charge in [-0.3, -0.25) is 0 Å². The normalized spacial score (nSPS) is 28.1. The first-order chi connectivity index (χ1) is 26.7. The van der Waals surface area contributed by atoms with Crippen molar-refractivity contribution in [3.05, 3.63) is 107 Å². The van der Waals surface area contributed by atoms with Gasteiger partial charge in [0.2, 0.25) is 0 Å². The summed E-state index contributed by atoms with van der Waals surface area (Å²) in [6.45, 7) is 22.6. The van der Waals surface area contributed by atoms with E-state index < -0.39 is 0 Å². The van der Waals surface area contributed by atoms with Crippen LogP contribution in [0.3, 0.4) is 0 Å². The lowest BCUT2D eigenvalue weighted by Gasteiger charge is -2.53. The van der Waals surface area contributed by atoms with Crippen molar-refractivity contribution >= 4 is 67.7 Å². The van der Waals surface area contributed by atoms with Crippen LogP contribution in [0.1, 0.15) is 128 Å². The van der Waals surface area contributed by atoms with Gasteiger partial charge in [0.05, 0.1) is 16.6 Å². The van der Waals surface area contributed by atoms with E-state index in [2.05, 4.69) is 156 Å². The third-order valence-electron chi connectivity index (χ3n) is 17.1. The molecule has 1 aromatic heterocycles. The van der Waals surface area contributed by atoms with Gasteiger partial charge in [0, 0.05) is 55.6 Å². The van der Waals surface area contributed by atoms with Crippen LogP contribution in [0.2, 0.25) is 0 Å². The van der Waals surface area contributed by atoms with Gasteiger partial charge < -0.3 is 14.4 Å². The van der Waals surface area contributed by atoms with Gasteiger partial charge in [-0.25, -0.2) is 0 Å². The van der Waals surface area contributed by atoms with Crippen molar-refractivity contribution in [2.24, 2.45) is 0 Å². The fourth-order valence-electron chi connectivity index (χ4n) is 14.1. The fourth-order valence-corrected chi connectivity index (χ4v) is 14.1. The van der Waals surface area contributed by atoms with Gasteiger partial charge >= 0.3 is 0 Å². The van der Waals surface area contributed by atoms with Gasteiger partial charge in [0.1, 0.15) is 0 Å². The zero-order valence-corrected chi connectivity index (χ0v) is 35.1. The molecule has 5 aromatic carbocycles. The van der Waals surface area contributed by atoms with Crippen LogP contribution in [0, 0.1) is 13.8 Å².